The van der Waals surface area contributed by atoms with Crippen LogP contribution in [-0.4, -0.2) is 42.3 Å². The fraction of sp³-hybridized carbons (Fsp3) is 0.417. The number of thioether (sulfide) groups is 1. The van der Waals surface area contributed by atoms with Gasteiger partial charge in [0, 0.05) is 36.3 Å². The molecule has 2 aliphatic rings. The van der Waals surface area contributed by atoms with Crippen LogP contribution < -0.4 is 14.8 Å². The van der Waals surface area contributed by atoms with E-state index in [1.807, 2.05) is 28.8 Å². The van der Waals surface area contributed by atoms with E-state index in [-0.39, 0.29) is 12.8 Å². The van der Waals surface area contributed by atoms with E-state index < -0.39 is 0 Å². The fourth-order valence-corrected chi connectivity index (χ4v) is 2.85. The summed E-state index contributed by atoms with van der Waals surface area (Å²) in [6.45, 7) is 1.86. The molecule has 0 aromatic heterocycles. The lowest BCUT2D eigenvalue weighted by molar-refractivity contribution is 0.174. The lowest BCUT2D eigenvalue weighted by atomic mass is 10.3. The van der Waals surface area contributed by atoms with Gasteiger partial charge >= 0.3 is 6.03 Å². The van der Waals surface area contributed by atoms with Gasteiger partial charge in [-0.05, 0) is 12.1 Å². The summed E-state index contributed by atoms with van der Waals surface area (Å²) in [4.78, 5) is 13.8. The molecule has 0 radical (unpaired) electrons. The number of nitrogens with one attached hydrogen (secondary N) is 1. The normalized spacial score (nSPS) is 17.7. The van der Waals surface area contributed by atoms with E-state index in [1.165, 1.54) is 0 Å². The summed E-state index contributed by atoms with van der Waals surface area (Å²) in [6, 6.07) is 5.38. The first kappa shape index (κ1) is 11.5. The van der Waals surface area contributed by atoms with Crippen molar-refractivity contribution >= 4 is 23.5 Å². The van der Waals surface area contributed by atoms with Crippen molar-refractivity contribution in [2.75, 3.05) is 36.7 Å². The highest BCUT2D eigenvalue weighted by molar-refractivity contribution is 7.99. The van der Waals surface area contributed by atoms with Crippen LogP contribution in [0.4, 0.5) is 10.5 Å². The molecule has 18 heavy (non-hydrogen) atoms. The molecule has 6 heteroatoms. The Balaban J connectivity index is 1.66. The van der Waals surface area contributed by atoms with Gasteiger partial charge < -0.3 is 19.7 Å². The molecule has 96 valence electrons. The largest absolute Gasteiger partial charge is 0.454 e. The maximum atomic E-state index is 12.0. The predicted molar refractivity (Wildman–Crippen MR) is 70.5 cm³/mol. The van der Waals surface area contributed by atoms with Gasteiger partial charge in [-0.25, -0.2) is 4.79 Å². The maximum absolute atomic E-state index is 12.0. The van der Waals surface area contributed by atoms with E-state index in [4.69, 9.17) is 9.47 Å². The number of urea groups is 1. The van der Waals surface area contributed by atoms with Crippen LogP contribution in [0.25, 0.3) is 0 Å². The minimum Gasteiger partial charge on any atom is -0.454 e. The summed E-state index contributed by atoms with van der Waals surface area (Å²) in [5.74, 6) is 3.42. The highest BCUT2D eigenvalue weighted by atomic mass is 32.2. The molecular weight excluding hydrogens is 252 g/mol. The van der Waals surface area contributed by atoms with Crippen molar-refractivity contribution in [3.63, 3.8) is 0 Å². The standard InChI is InChI=1S/C12H14N2O3S/c15-12(14-3-5-18-6-4-14)13-9-1-2-10-11(7-9)17-8-16-10/h1-2,7H,3-6,8H2,(H,13,15). The van der Waals surface area contributed by atoms with Crippen LogP contribution in [0.3, 0.4) is 0 Å². The minimum absolute atomic E-state index is 0.0471. The molecule has 1 aromatic carbocycles. The molecule has 1 N–H and O–H groups in total. The Morgan fingerprint density at radius 2 is 2.00 bits per heavy atom. The molecule has 2 aliphatic heterocycles. The maximum Gasteiger partial charge on any atom is 0.321 e. The number of benzene rings is 1. The number of hydrogen-bond acceptors (Lipinski definition) is 4. The molecule has 3 rings (SSSR count). The zero-order valence-electron chi connectivity index (χ0n) is 9.85. The summed E-state index contributed by atoms with van der Waals surface area (Å²) < 4.78 is 10.5. The third kappa shape index (κ3) is 2.33. The molecule has 2 heterocycles. The van der Waals surface area contributed by atoms with E-state index in [9.17, 15) is 4.79 Å². The van der Waals surface area contributed by atoms with Crippen LogP contribution in [0.1, 0.15) is 0 Å². The first-order chi connectivity index (χ1) is 8.83. The summed E-state index contributed by atoms with van der Waals surface area (Å²) in [7, 11) is 0. The van der Waals surface area contributed by atoms with Crippen LogP contribution >= 0.6 is 11.8 Å². The van der Waals surface area contributed by atoms with Gasteiger partial charge in [0.2, 0.25) is 6.79 Å². The number of amides is 2. The van der Waals surface area contributed by atoms with Gasteiger partial charge in [0.1, 0.15) is 0 Å². The van der Waals surface area contributed by atoms with Crippen molar-refractivity contribution in [2.24, 2.45) is 0 Å². The highest BCUT2D eigenvalue weighted by Crippen LogP contribution is 2.34. The predicted octanol–water partition coefficient (Wildman–Crippen LogP) is 2.00. The Bertz CT molecular complexity index is 461. The zero-order valence-corrected chi connectivity index (χ0v) is 10.7. The lowest BCUT2D eigenvalue weighted by Crippen LogP contribution is -2.40. The lowest BCUT2D eigenvalue weighted by Gasteiger charge is -2.26. The Morgan fingerprint density at radius 1 is 1.22 bits per heavy atom. The SMILES string of the molecule is O=C(Nc1ccc2c(c1)OCO2)N1CCSCC1. The monoisotopic (exact) mass is 266 g/mol. The fourth-order valence-electron chi connectivity index (χ4n) is 1.94. The Morgan fingerprint density at radius 3 is 2.83 bits per heavy atom. The molecule has 1 fully saturated rings. The minimum atomic E-state index is -0.0471. The second kappa shape index (κ2) is 4.97. The van der Waals surface area contributed by atoms with Gasteiger partial charge in [-0.3, -0.25) is 0 Å². The van der Waals surface area contributed by atoms with Crippen LogP contribution in [0.15, 0.2) is 18.2 Å². The third-order valence-electron chi connectivity index (χ3n) is 2.92. The van der Waals surface area contributed by atoms with E-state index in [0.29, 0.717) is 5.75 Å². The van der Waals surface area contributed by atoms with Gasteiger partial charge in [-0.15, -0.1) is 0 Å². The van der Waals surface area contributed by atoms with Crippen molar-refractivity contribution < 1.29 is 14.3 Å². The van der Waals surface area contributed by atoms with Crippen molar-refractivity contribution in [1.29, 1.82) is 0 Å². The molecule has 0 saturated carbocycles. The van der Waals surface area contributed by atoms with E-state index in [0.717, 1.165) is 36.0 Å². The van der Waals surface area contributed by atoms with Crippen LogP contribution in [0.2, 0.25) is 0 Å². The molecule has 0 aliphatic carbocycles. The number of carbonyl (C=O) groups is 1. The molecule has 0 spiro atoms. The van der Waals surface area contributed by atoms with Crippen molar-refractivity contribution in [1.82, 2.24) is 4.90 Å². The number of rotatable bonds is 1. The van der Waals surface area contributed by atoms with E-state index in [1.54, 1.807) is 6.07 Å². The van der Waals surface area contributed by atoms with E-state index >= 15 is 0 Å². The van der Waals surface area contributed by atoms with Crippen molar-refractivity contribution in [3.8, 4) is 11.5 Å². The Labute approximate surface area is 109 Å². The first-order valence-corrected chi connectivity index (χ1v) is 7.02. The highest BCUT2D eigenvalue weighted by Gasteiger charge is 2.18. The summed E-state index contributed by atoms with van der Waals surface area (Å²) in [6.07, 6.45) is 0. The van der Waals surface area contributed by atoms with Crippen LogP contribution in [0.5, 0.6) is 11.5 Å². The topological polar surface area (TPSA) is 50.8 Å². The van der Waals surface area contributed by atoms with Crippen LogP contribution in [-0.2, 0) is 0 Å². The average Bonchev–Trinajstić information content (AvgIpc) is 2.87. The van der Waals surface area contributed by atoms with Gasteiger partial charge in [-0.2, -0.15) is 11.8 Å². The average molecular weight is 266 g/mol. The molecular formula is C12H14N2O3S. The van der Waals surface area contributed by atoms with E-state index in [2.05, 4.69) is 5.32 Å². The number of carbonyl (C=O) groups excluding carboxylic acids is 1. The Hall–Kier alpha value is -1.56. The smallest absolute Gasteiger partial charge is 0.321 e. The number of hydrogen-bond donors (Lipinski definition) is 1. The van der Waals surface area contributed by atoms with Gasteiger partial charge in [0.15, 0.2) is 11.5 Å². The van der Waals surface area contributed by atoms with Gasteiger partial charge in [0.05, 0.1) is 0 Å². The quantitative estimate of drug-likeness (QED) is 0.844. The Kier molecular flexibility index (Phi) is 3.19. The first-order valence-electron chi connectivity index (χ1n) is 5.86. The molecule has 1 aromatic rings. The van der Waals surface area contributed by atoms with Gasteiger partial charge in [0.25, 0.3) is 0 Å². The number of nitrogens with zero attached hydrogens (tertiary/aromatic N) is 1. The van der Waals surface area contributed by atoms with Crippen LogP contribution in [0, 0.1) is 0 Å². The second-order valence-electron chi connectivity index (χ2n) is 4.10. The number of fused-ring (bicyclic) bond motifs is 1. The molecule has 0 atom stereocenters. The van der Waals surface area contributed by atoms with Crippen molar-refractivity contribution in [3.05, 3.63) is 18.2 Å². The number of ether oxygens (including phenoxy) is 2. The van der Waals surface area contributed by atoms with Crippen molar-refractivity contribution in [2.45, 2.75) is 0 Å². The van der Waals surface area contributed by atoms with Gasteiger partial charge in [-0.1, -0.05) is 0 Å². The molecule has 5 nitrogen and oxygen atoms in total. The molecule has 1 saturated heterocycles. The summed E-state index contributed by atoms with van der Waals surface area (Å²) >= 11 is 1.88. The molecule has 2 amide bonds. The number of anilines is 1. The second-order valence-corrected chi connectivity index (χ2v) is 5.32. The third-order valence-corrected chi connectivity index (χ3v) is 3.86. The molecule has 0 bridgehead atoms. The molecule has 0 unspecified atom stereocenters. The summed E-state index contributed by atoms with van der Waals surface area (Å²) in [5.41, 5.74) is 0.738. The summed E-state index contributed by atoms with van der Waals surface area (Å²) in [5, 5.41) is 2.88. The zero-order chi connectivity index (χ0) is 12.4.